The highest BCUT2D eigenvalue weighted by Crippen LogP contribution is 2.19. The molecule has 1 heterocycles. The smallest absolute Gasteiger partial charge is 0.341 e. The molecule has 0 saturated heterocycles. The van der Waals surface area contributed by atoms with Crippen molar-refractivity contribution in [1.82, 2.24) is 4.98 Å². The van der Waals surface area contributed by atoms with Gasteiger partial charge in [-0.3, -0.25) is 0 Å². The zero-order chi connectivity index (χ0) is 10.8. The van der Waals surface area contributed by atoms with Crippen molar-refractivity contribution >= 4 is 5.97 Å². The summed E-state index contributed by atoms with van der Waals surface area (Å²) in [5.74, 6) is -0.871. The number of carboxylic acids is 1. The van der Waals surface area contributed by atoms with Crippen LogP contribution in [0.4, 0.5) is 0 Å². The first kappa shape index (κ1) is 10.5. The zero-order valence-corrected chi connectivity index (χ0v) is 8.44. The van der Waals surface area contributed by atoms with Gasteiger partial charge in [0.15, 0.2) is 0 Å². The Hall–Kier alpha value is -1.58. The van der Waals surface area contributed by atoms with Crippen LogP contribution in [0.15, 0.2) is 18.3 Å². The minimum absolute atomic E-state index is 0.0856. The Balaban J connectivity index is 3.02. The highest BCUT2D eigenvalue weighted by atomic mass is 16.5. The molecule has 0 saturated carbocycles. The van der Waals surface area contributed by atoms with Gasteiger partial charge in [0.2, 0.25) is 5.88 Å². The van der Waals surface area contributed by atoms with Gasteiger partial charge in [0.25, 0.3) is 0 Å². The second-order valence-electron chi connectivity index (χ2n) is 3.88. The molecule has 76 valence electrons. The van der Waals surface area contributed by atoms with E-state index in [1.165, 1.54) is 12.3 Å². The number of aromatic nitrogens is 1. The SMILES string of the molecule is CC(C)(C)Oc1ncccc1C(=O)O. The average Bonchev–Trinajstić information content (AvgIpc) is 2.01. The van der Waals surface area contributed by atoms with E-state index in [0.29, 0.717) is 0 Å². The fourth-order valence-electron chi connectivity index (χ4n) is 0.925. The first-order chi connectivity index (χ1) is 6.40. The van der Waals surface area contributed by atoms with Crippen LogP contribution in [0.5, 0.6) is 5.88 Å². The molecule has 1 aromatic rings. The maximum absolute atomic E-state index is 10.8. The van der Waals surface area contributed by atoms with Gasteiger partial charge in [-0.1, -0.05) is 0 Å². The van der Waals surface area contributed by atoms with Gasteiger partial charge in [-0.15, -0.1) is 0 Å². The molecule has 0 aromatic carbocycles. The van der Waals surface area contributed by atoms with Gasteiger partial charge in [0, 0.05) is 6.20 Å². The molecule has 0 atom stereocenters. The minimum atomic E-state index is -1.03. The van der Waals surface area contributed by atoms with E-state index >= 15 is 0 Å². The van der Waals surface area contributed by atoms with Crippen molar-refractivity contribution in [2.75, 3.05) is 0 Å². The van der Waals surface area contributed by atoms with Crippen LogP contribution in [0.25, 0.3) is 0 Å². The van der Waals surface area contributed by atoms with Crippen LogP contribution in [0.2, 0.25) is 0 Å². The summed E-state index contributed by atoms with van der Waals surface area (Å²) < 4.78 is 5.40. The molecule has 0 unspecified atom stereocenters. The highest BCUT2D eigenvalue weighted by Gasteiger charge is 2.18. The number of pyridine rings is 1. The predicted octanol–water partition coefficient (Wildman–Crippen LogP) is 1.96. The molecule has 0 aliphatic rings. The van der Waals surface area contributed by atoms with Crippen LogP contribution in [0.3, 0.4) is 0 Å². The molecule has 1 N–H and O–H groups in total. The molecule has 1 aromatic heterocycles. The Labute approximate surface area is 82.5 Å². The lowest BCUT2D eigenvalue weighted by Crippen LogP contribution is -2.24. The molecule has 1 rings (SSSR count). The van der Waals surface area contributed by atoms with Crippen molar-refractivity contribution in [1.29, 1.82) is 0 Å². The third-order valence-corrected chi connectivity index (χ3v) is 1.40. The Kier molecular flexibility index (Phi) is 2.74. The Morgan fingerprint density at radius 3 is 2.64 bits per heavy atom. The number of carboxylic acid groups (broad SMARTS) is 1. The first-order valence-electron chi connectivity index (χ1n) is 4.27. The molecule has 14 heavy (non-hydrogen) atoms. The van der Waals surface area contributed by atoms with Gasteiger partial charge in [0.1, 0.15) is 11.2 Å². The summed E-state index contributed by atoms with van der Waals surface area (Å²) in [6.45, 7) is 5.52. The van der Waals surface area contributed by atoms with E-state index in [1.807, 2.05) is 20.8 Å². The number of hydrogen-bond donors (Lipinski definition) is 1. The normalized spacial score (nSPS) is 11.1. The van der Waals surface area contributed by atoms with Crippen molar-refractivity contribution in [2.45, 2.75) is 26.4 Å². The molecule has 0 radical (unpaired) electrons. The molecule has 4 nitrogen and oxygen atoms in total. The van der Waals surface area contributed by atoms with Gasteiger partial charge >= 0.3 is 5.97 Å². The summed E-state index contributed by atoms with van der Waals surface area (Å²) in [6, 6.07) is 3.04. The van der Waals surface area contributed by atoms with Crippen LogP contribution in [-0.2, 0) is 0 Å². The molecule has 0 spiro atoms. The summed E-state index contributed by atoms with van der Waals surface area (Å²) >= 11 is 0. The van der Waals surface area contributed by atoms with Crippen LogP contribution < -0.4 is 4.74 Å². The van der Waals surface area contributed by atoms with Crippen LogP contribution >= 0.6 is 0 Å². The molecule has 0 bridgehead atoms. The summed E-state index contributed by atoms with van der Waals surface area (Å²) in [4.78, 5) is 14.7. The maximum Gasteiger partial charge on any atom is 0.341 e. The van der Waals surface area contributed by atoms with E-state index in [2.05, 4.69) is 4.98 Å². The first-order valence-corrected chi connectivity index (χ1v) is 4.27. The lowest BCUT2D eigenvalue weighted by Gasteiger charge is -2.21. The molecular formula is C10H13NO3. The van der Waals surface area contributed by atoms with E-state index in [0.717, 1.165) is 0 Å². The Morgan fingerprint density at radius 2 is 2.14 bits per heavy atom. The van der Waals surface area contributed by atoms with E-state index in [9.17, 15) is 4.79 Å². The van der Waals surface area contributed by atoms with E-state index in [-0.39, 0.29) is 11.4 Å². The summed E-state index contributed by atoms with van der Waals surface area (Å²) in [7, 11) is 0. The van der Waals surface area contributed by atoms with Gasteiger partial charge < -0.3 is 9.84 Å². The number of nitrogens with zero attached hydrogens (tertiary/aromatic N) is 1. The summed E-state index contributed by atoms with van der Waals surface area (Å²) in [5, 5.41) is 8.84. The third-order valence-electron chi connectivity index (χ3n) is 1.40. The van der Waals surface area contributed by atoms with Crippen molar-refractivity contribution < 1.29 is 14.6 Å². The van der Waals surface area contributed by atoms with Crippen molar-refractivity contribution in [3.63, 3.8) is 0 Å². The van der Waals surface area contributed by atoms with Crippen LogP contribution in [-0.4, -0.2) is 21.7 Å². The van der Waals surface area contributed by atoms with Crippen molar-refractivity contribution in [3.05, 3.63) is 23.9 Å². The lowest BCUT2D eigenvalue weighted by molar-refractivity contribution is 0.0677. The summed E-state index contributed by atoms with van der Waals surface area (Å²) in [6.07, 6.45) is 1.51. The van der Waals surface area contributed by atoms with E-state index in [4.69, 9.17) is 9.84 Å². The largest absolute Gasteiger partial charge is 0.477 e. The average molecular weight is 195 g/mol. The predicted molar refractivity (Wildman–Crippen MR) is 51.6 cm³/mol. The fourth-order valence-corrected chi connectivity index (χ4v) is 0.925. The standard InChI is InChI=1S/C10H13NO3/c1-10(2,3)14-8-7(9(12)13)5-4-6-11-8/h4-6H,1-3H3,(H,12,13). The minimum Gasteiger partial charge on any atom is -0.477 e. The third kappa shape index (κ3) is 2.73. The number of rotatable bonds is 2. The van der Waals surface area contributed by atoms with Crippen molar-refractivity contribution in [2.24, 2.45) is 0 Å². The zero-order valence-electron chi connectivity index (χ0n) is 8.44. The van der Waals surface area contributed by atoms with Crippen molar-refractivity contribution in [3.8, 4) is 5.88 Å². The molecule has 0 aliphatic carbocycles. The van der Waals surface area contributed by atoms with Gasteiger partial charge in [0.05, 0.1) is 0 Å². The second kappa shape index (κ2) is 3.65. The van der Waals surface area contributed by atoms with Crippen LogP contribution in [0, 0.1) is 0 Å². The quantitative estimate of drug-likeness (QED) is 0.783. The monoisotopic (exact) mass is 195 g/mol. The molecule has 0 fully saturated rings. The molecular weight excluding hydrogens is 182 g/mol. The topological polar surface area (TPSA) is 59.4 Å². The number of ether oxygens (including phenoxy) is 1. The molecule has 0 aliphatic heterocycles. The molecule has 0 amide bonds. The number of hydrogen-bond acceptors (Lipinski definition) is 3. The van der Waals surface area contributed by atoms with Gasteiger partial charge in [-0.2, -0.15) is 0 Å². The van der Waals surface area contributed by atoms with Crippen LogP contribution in [0.1, 0.15) is 31.1 Å². The lowest BCUT2D eigenvalue weighted by atomic mass is 10.2. The molecule has 4 heteroatoms. The van der Waals surface area contributed by atoms with Gasteiger partial charge in [-0.05, 0) is 32.9 Å². The van der Waals surface area contributed by atoms with E-state index in [1.54, 1.807) is 6.07 Å². The maximum atomic E-state index is 10.8. The second-order valence-corrected chi connectivity index (χ2v) is 3.88. The van der Waals surface area contributed by atoms with Gasteiger partial charge in [-0.25, -0.2) is 9.78 Å². The Morgan fingerprint density at radius 1 is 1.50 bits per heavy atom. The fraction of sp³-hybridized carbons (Fsp3) is 0.400. The number of aromatic carboxylic acids is 1. The Bertz CT molecular complexity index is 341. The highest BCUT2D eigenvalue weighted by molar-refractivity contribution is 5.90. The van der Waals surface area contributed by atoms with E-state index < -0.39 is 11.6 Å². The summed E-state index contributed by atoms with van der Waals surface area (Å²) in [5.41, 5.74) is -0.360. The number of carbonyl (C=O) groups is 1.